The summed E-state index contributed by atoms with van der Waals surface area (Å²) in [5.41, 5.74) is 9.76. The molecule has 2 rings (SSSR count). The fourth-order valence-electron chi connectivity index (χ4n) is 1.98. The second-order valence-corrected chi connectivity index (χ2v) is 4.79. The summed E-state index contributed by atoms with van der Waals surface area (Å²) < 4.78 is 19.4. The van der Waals surface area contributed by atoms with Crippen LogP contribution in [0.3, 0.4) is 0 Å². The van der Waals surface area contributed by atoms with Gasteiger partial charge in [0.1, 0.15) is 18.2 Å². The van der Waals surface area contributed by atoms with Crippen LogP contribution in [0.2, 0.25) is 0 Å². The maximum Gasteiger partial charge on any atom is 0.131 e. The Hall–Kier alpha value is -2.03. The number of benzene rings is 2. The molecule has 0 amide bonds. The topological polar surface area (TPSA) is 35.2 Å². The molecule has 100 valence electrons. The zero-order valence-corrected chi connectivity index (χ0v) is 11.5. The highest BCUT2D eigenvalue weighted by molar-refractivity contribution is 5.45. The molecule has 0 aliphatic carbocycles. The van der Waals surface area contributed by atoms with E-state index in [0.717, 1.165) is 16.9 Å². The van der Waals surface area contributed by atoms with Gasteiger partial charge >= 0.3 is 0 Å². The van der Waals surface area contributed by atoms with Gasteiger partial charge in [-0.15, -0.1) is 0 Å². The van der Waals surface area contributed by atoms with Gasteiger partial charge in [0.15, 0.2) is 0 Å². The molecule has 0 radical (unpaired) electrons. The molecule has 0 aliphatic rings. The summed E-state index contributed by atoms with van der Waals surface area (Å²) in [6.07, 6.45) is 0. The average Bonchev–Trinajstić information content (AvgIpc) is 2.36. The van der Waals surface area contributed by atoms with Crippen molar-refractivity contribution in [2.24, 2.45) is 0 Å². The van der Waals surface area contributed by atoms with Crippen molar-refractivity contribution in [3.05, 3.63) is 58.4 Å². The molecule has 0 saturated carbocycles. The van der Waals surface area contributed by atoms with Gasteiger partial charge in [0, 0.05) is 11.3 Å². The number of rotatable bonds is 3. The fraction of sp³-hybridized carbons (Fsp3) is 0.250. The number of nitrogen functional groups attached to an aromatic ring is 1. The normalized spacial score (nSPS) is 10.5. The molecule has 19 heavy (non-hydrogen) atoms. The smallest absolute Gasteiger partial charge is 0.131 e. The van der Waals surface area contributed by atoms with E-state index in [-0.39, 0.29) is 12.4 Å². The van der Waals surface area contributed by atoms with Crippen molar-refractivity contribution >= 4 is 5.69 Å². The lowest BCUT2D eigenvalue weighted by Crippen LogP contribution is -2.02. The third kappa shape index (κ3) is 2.87. The number of nitrogens with two attached hydrogens (primary N) is 1. The van der Waals surface area contributed by atoms with Crippen LogP contribution < -0.4 is 10.5 Å². The lowest BCUT2D eigenvalue weighted by atomic mass is 10.1. The highest BCUT2D eigenvalue weighted by Crippen LogP contribution is 2.27. The summed E-state index contributed by atoms with van der Waals surface area (Å²) in [7, 11) is 0. The Balaban J connectivity index is 2.21. The first-order chi connectivity index (χ1) is 8.99. The lowest BCUT2D eigenvalue weighted by Gasteiger charge is -2.14. The Morgan fingerprint density at radius 1 is 1.05 bits per heavy atom. The third-order valence-corrected chi connectivity index (χ3v) is 3.32. The molecule has 0 heterocycles. The Morgan fingerprint density at radius 2 is 1.74 bits per heavy atom. The van der Waals surface area contributed by atoms with E-state index in [1.54, 1.807) is 12.1 Å². The molecule has 0 atom stereocenters. The van der Waals surface area contributed by atoms with Gasteiger partial charge in [-0.2, -0.15) is 0 Å². The van der Waals surface area contributed by atoms with Gasteiger partial charge in [0.05, 0.1) is 0 Å². The van der Waals surface area contributed by atoms with Crippen LogP contribution in [0.15, 0.2) is 30.3 Å². The SMILES string of the molecule is Cc1ccc(C)c(OCc2ccc(N)cc2F)c1C. The molecule has 0 spiro atoms. The van der Waals surface area contributed by atoms with E-state index in [1.807, 2.05) is 26.8 Å². The Morgan fingerprint density at radius 3 is 2.42 bits per heavy atom. The Bertz CT molecular complexity index is 608. The van der Waals surface area contributed by atoms with E-state index >= 15 is 0 Å². The molecule has 2 nitrogen and oxygen atoms in total. The van der Waals surface area contributed by atoms with E-state index in [1.165, 1.54) is 11.6 Å². The monoisotopic (exact) mass is 259 g/mol. The summed E-state index contributed by atoms with van der Waals surface area (Å²) in [5.74, 6) is 0.499. The largest absolute Gasteiger partial charge is 0.488 e. The third-order valence-electron chi connectivity index (χ3n) is 3.32. The first kappa shape index (κ1) is 13.4. The number of hydrogen-bond donors (Lipinski definition) is 1. The van der Waals surface area contributed by atoms with Crippen molar-refractivity contribution in [1.29, 1.82) is 0 Å². The molecule has 2 N–H and O–H groups in total. The number of ether oxygens (including phenoxy) is 1. The van der Waals surface area contributed by atoms with Gasteiger partial charge in [-0.3, -0.25) is 0 Å². The maximum atomic E-state index is 13.7. The standard InChI is InChI=1S/C16H18FNO/c1-10-4-5-11(2)16(12(10)3)19-9-13-6-7-14(18)8-15(13)17/h4-8H,9,18H2,1-3H3. The van der Waals surface area contributed by atoms with E-state index in [4.69, 9.17) is 10.5 Å². The maximum absolute atomic E-state index is 13.7. The second kappa shape index (κ2) is 5.31. The minimum Gasteiger partial charge on any atom is -0.488 e. The zero-order chi connectivity index (χ0) is 14.0. The molecule has 2 aromatic rings. The molecule has 0 aromatic heterocycles. The van der Waals surface area contributed by atoms with Crippen LogP contribution in [0.25, 0.3) is 0 Å². The van der Waals surface area contributed by atoms with Crippen molar-refractivity contribution in [2.75, 3.05) is 5.73 Å². The van der Waals surface area contributed by atoms with Crippen LogP contribution >= 0.6 is 0 Å². The van der Waals surface area contributed by atoms with Crippen LogP contribution in [0, 0.1) is 26.6 Å². The first-order valence-corrected chi connectivity index (χ1v) is 6.22. The number of aryl methyl sites for hydroxylation is 2. The fourth-order valence-corrected chi connectivity index (χ4v) is 1.98. The van der Waals surface area contributed by atoms with Gasteiger partial charge < -0.3 is 10.5 Å². The molecule has 0 bridgehead atoms. The summed E-state index contributed by atoms with van der Waals surface area (Å²) in [4.78, 5) is 0. The number of halogens is 1. The summed E-state index contributed by atoms with van der Waals surface area (Å²) in [6.45, 7) is 6.24. The van der Waals surface area contributed by atoms with Crippen LogP contribution in [-0.2, 0) is 6.61 Å². The highest BCUT2D eigenvalue weighted by Gasteiger charge is 2.08. The van der Waals surface area contributed by atoms with Gasteiger partial charge in [-0.25, -0.2) is 4.39 Å². The summed E-state index contributed by atoms with van der Waals surface area (Å²) in [6, 6.07) is 8.72. The zero-order valence-electron chi connectivity index (χ0n) is 11.5. The predicted octanol–water partition coefficient (Wildman–Crippen LogP) is 3.91. The molecule has 0 saturated heterocycles. The summed E-state index contributed by atoms with van der Waals surface area (Å²) in [5, 5.41) is 0. The van der Waals surface area contributed by atoms with Crippen LogP contribution in [0.4, 0.5) is 10.1 Å². The Kier molecular flexibility index (Phi) is 3.74. The van der Waals surface area contributed by atoms with Crippen LogP contribution in [-0.4, -0.2) is 0 Å². The quantitative estimate of drug-likeness (QED) is 0.848. The van der Waals surface area contributed by atoms with Crippen molar-refractivity contribution in [3.8, 4) is 5.75 Å². The van der Waals surface area contributed by atoms with Gasteiger partial charge in [-0.1, -0.05) is 18.2 Å². The molecular formula is C16H18FNO. The average molecular weight is 259 g/mol. The van der Waals surface area contributed by atoms with E-state index < -0.39 is 0 Å². The van der Waals surface area contributed by atoms with Crippen molar-refractivity contribution in [2.45, 2.75) is 27.4 Å². The number of hydrogen-bond acceptors (Lipinski definition) is 2. The molecule has 0 unspecified atom stereocenters. The van der Waals surface area contributed by atoms with Gasteiger partial charge in [-0.05, 0) is 49.6 Å². The van der Waals surface area contributed by atoms with Crippen molar-refractivity contribution in [1.82, 2.24) is 0 Å². The van der Waals surface area contributed by atoms with Gasteiger partial charge in [0.2, 0.25) is 0 Å². The molecular weight excluding hydrogens is 241 g/mol. The molecule has 0 aliphatic heterocycles. The Labute approximate surface area is 113 Å². The molecule has 3 heteroatoms. The predicted molar refractivity (Wildman–Crippen MR) is 75.8 cm³/mol. The minimum absolute atomic E-state index is 0.206. The first-order valence-electron chi connectivity index (χ1n) is 6.22. The molecule has 2 aromatic carbocycles. The molecule has 0 fully saturated rings. The minimum atomic E-state index is -0.331. The van der Waals surface area contributed by atoms with E-state index in [9.17, 15) is 4.39 Å². The summed E-state index contributed by atoms with van der Waals surface area (Å²) >= 11 is 0. The van der Waals surface area contributed by atoms with E-state index in [2.05, 4.69) is 6.07 Å². The van der Waals surface area contributed by atoms with E-state index in [0.29, 0.717) is 11.3 Å². The number of anilines is 1. The second-order valence-electron chi connectivity index (χ2n) is 4.79. The highest BCUT2D eigenvalue weighted by atomic mass is 19.1. The van der Waals surface area contributed by atoms with Crippen LogP contribution in [0.1, 0.15) is 22.3 Å². The van der Waals surface area contributed by atoms with Gasteiger partial charge in [0.25, 0.3) is 0 Å². The van der Waals surface area contributed by atoms with Crippen molar-refractivity contribution < 1.29 is 9.13 Å². The van der Waals surface area contributed by atoms with Crippen LogP contribution in [0.5, 0.6) is 5.75 Å². The lowest BCUT2D eigenvalue weighted by molar-refractivity contribution is 0.295. The van der Waals surface area contributed by atoms with Crippen molar-refractivity contribution in [3.63, 3.8) is 0 Å².